The highest BCUT2D eigenvalue weighted by atomic mass is 16.3. The SMILES string of the molecule is Oc1ccc(CCC2CCC(C(O)(c3ccccc3)c3ccccc3)CC2)cc1. The predicted molar refractivity (Wildman–Crippen MR) is 118 cm³/mol. The molecule has 2 N–H and O–H groups in total. The van der Waals surface area contributed by atoms with E-state index in [4.69, 9.17) is 0 Å². The van der Waals surface area contributed by atoms with E-state index in [0.29, 0.717) is 11.7 Å². The molecule has 3 aromatic carbocycles. The molecule has 0 aromatic heterocycles. The quantitative estimate of drug-likeness (QED) is 0.540. The van der Waals surface area contributed by atoms with Crippen LogP contribution in [0.2, 0.25) is 0 Å². The molecule has 0 radical (unpaired) electrons. The van der Waals surface area contributed by atoms with Crippen molar-refractivity contribution >= 4 is 0 Å². The smallest absolute Gasteiger partial charge is 0.117 e. The molecule has 0 amide bonds. The summed E-state index contributed by atoms with van der Waals surface area (Å²) in [6.07, 6.45) is 6.63. The number of hydrogen-bond acceptors (Lipinski definition) is 2. The second-order valence-electron chi connectivity index (χ2n) is 8.42. The van der Waals surface area contributed by atoms with E-state index >= 15 is 0 Å². The van der Waals surface area contributed by atoms with Gasteiger partial charge in [0.05, 0.1) is 0 Å². The van der Waals surface area contributed by atoms with Crippen molar-refractivity contribution in [1.82, 2.24) is 0 Å². The Morgan fingerprint density at radius 2 is 1.21 bits per heavy atom. The molecule has 150 valence electrons. The number of phenols is 1. The highest BCUT2D eigenvalue weighted by Crippen LogP contribution is 2.45. The predicted octanol–water partition coefficient (Wildman–Crippen LogP) is 6.07. The van der Waals surface area contributed by atoms with Gasteiger partial charge in [-0.15, -0.1) is 0 Å². The van der Waals surface area contributed by atoms with Crippen molar-refractivity contribution < 1.29 is 10.2 Å². The van der Waals surface area contributed by atoms with Crippen LogP contribution in [0, 0.1) is 11.8 Å². The molecule has 1 aliphatic carbocycles. The fourth-order valence-corrected chi connectivity index (χ4v) is 4.92. The summed E-state index contributed by atoms with van der Waals surface area (Å²) >= 11 is 0. The minimum atomic E-state index is -0.926. The zero-order chi connectivity index (χ0) is 20.1. The summed E-state index contributed by atoms with van der Waals surface area (Å²) in [5.41, 5.74) is 2.36. The lowest BCUT2D eigenvalue weighted by atomic mass is 9.67. The minimum Gasteiger partial charge on any atom is -0.508 e. The van der Waals surface area contributed by atoms with E-state index in [-0.39, 0.29) is 5.92 Å². The third kappa shape index (κ3) is 4.38. The molecular weight excluding hydrogens is 356 g/mol. The maximum absolute atomic E-state index is 12.0. The topological polar surface area (TPSA) is 40.5 Å². The number of rotatable bonds is 6. The van der Waals surface area contributed by atoms with Crippen LogP contribution in [-0.4, -0.2) is 10.2 Å². The van der Waals surface area contributed by atoms with Crippen LogP contribution in [0.15, 0.2) is 84.9 Å². The van der Waals surface area contributed by atoms with Crippen LogP contribution in [0.3, 0.4) is 0 Å². The molecule has 0 aliphatic heterocycles. The van der Waals surface area contributed by atoms with Gasteiger partial charge in [-0.1, -0.05) is 85.6 Å². The van der Waals surface area contributed by atoms with E-state index < -0.39 is 5.60 Å². The van der Waals surface area contributed by atoms with Gasteiger partial charge < -0.3 is 10.2 Å². The van der Waals surface area contributed by atoms with Crippen LogP contribution in [-0.2, 0) is 12.0 Å². The van der Waals surface area contributed by atoms with Crippen LogP contribution < -0.4 is 0 Å². The summed E-state index contributed by atoms with van der Waals surface area (Å²) in [4.78, 5) is 0. The molecule has 0 saturated heterocycles. The second-order valence-corrected chi connectivity index (χ2v) is 8.42. The van der Waals surface area contributed by atoms with Gasteiger partial charge >= 0.3 is 0 Å². The van der Waals surface area contributed by atoms with Gasteiger partial charge in [0.1, 0.15) is 11.4 Å². The average Bonchev–Trinajstić information content (AvgIpc) is 2.80. The summed E-state index contributed by atoms with van der Waals surface area (Å²) in [5.74, 6) is 1.27. The van der Waals surface area contributed by atoms with Crippen LogP contribution in [0.1, 0.15) is 48.8 Å². The van der Waals surface area contributed by atoms with Crippen molar-refractivity contribution in [3.63, 3.8) is 0 Å². The van der Waals surface area contributed by atoms with Crippen molar-refractivity contribution in [3.8, 4) is 5.75 Å². The molecule has 1 aliphatic rings. The van der Waals surface area contributed by atoms with Crippen LogP contribution in [0.25, 0.3) is 0 Å². The zero-order valence-electron chi connectivity index (χ0n) is 16.9. The summed E-state index contributed by atoms with van der Waals surface area (Å²) < 4.78 is 0. The molecule has 2 nitrogen and oxygen atoms in total. The van der Waals surface area contributed by atoms with Gasteiger partial charge in [-0.2, -0.15) is 0 Å². The van der Waals surface area contributed by atoms with E-state index in [1.165, 1.54) is 12.0 Å². The maximum atomic E-state index is 12.0. The van der Waals surface area contributed by atoms with Gasteiger partial charge in [0.15, 0.2) is 0 Å². The molecule has 4 rings (SSSR count). The minimum absolute atomic E-state index is 0.234. The fourth-order valence-electron chi connectivity index (χ4n) is 4.92. The van der Waals surface area contributed by atoms with E-state index in [2.05, 4.69) is 24.3 Å². The number of aliphatic hydroxyl groups is 1. The molecule has 0 atom stereocenters. The molecule has 0 bridgehead atoms. The Labute approximate surface area is 173 Å². The largest absolute Gasteiger partial charge is 0.508 e. The van der Waals surface area contributed by atoms with Crippen molar-refractivity contribution in [2.45, 2.75) is 44.1 Å². The Morgan fingerprint density at radius 3 is 1.72 bits per heavy atom. The lowest BCUT2D eigenvalue weighted by Gasteiger charge is -2.41. The number of hydrogen-bond donors (Lipinski definition) is 2. The molecule has 0 spiro atoms. The number of benzene rings is 3. The Balaban J connectivity index is 1.45. The molecule has 1 fully saturated rings. The summed E-state index contributed by atoms with van der Waals surface area (Å²) in [6, 6.07) is 27.9. The van der Waals surface area contributed by atoms with Crippen molar-refractivity contribution in [2.75, 3.05) is 0 Å². The molecule has 2 heteroatoms. The summed E-state index contributed by atoms with van der Waals surface area (Å²) in [6.45, 7) is 0. The Bertz CT molecular complexity index is 839. The number of phenolic OH excluding ortho intramolecular Hbond substituents is 1. The Kier molecular flexibility index (Phi) is 6.01. The number of aryl methyl sites for hydroxylation is 1. The third-order valence-electron chi connectivity index (χ3n) is 6.64. The van der Waals surface area contributed by atoms with Gasteiger partial charge in [-0.05, 0) is 66.3 Å². The van der Waals surface area contributed by atoms with E-state index in [1.807, 2.05) is 48.5 Å². The highest BCUT2D eigenvalue weighted by molar-refractivity contribution is 5.37. The summed E-state index contributed by atoms with van der Waals surface area (Å²) in [7, 11) is 0. The van der Waals surface area contributed by atoms with Crippen molar-refractivity contribution in [3.05, 3.63) is 102 Å². The molecule has 0 unspecified atom stereocenters. The maximum Gasteiger partial charge on any atom is 0.117 e. The number of aromatic hydroxyl groups is 1. The zero-order valence-corrected chi connectivity index (χ0v) is 16.9. The molecule has 0 heterocycles. The first kappa shape index (κ1) is 19.7. The molecule has 29 heavy (non-hydrogen) atoms. The third-order valence-corrected chi connectivity index (χ3v) is 6.64. The first-order valence-corrected chi connectivity index (χ1v) is 10.8. The fraction of sp³-hybridized carbons (Fsp3) is 0.333. The summed E-state index contributed by atoms with van der Waals surface area (Å²) in [5, 5.41) is 21.4. The van der Waals surface area contributed by atoms with E-state index in [0.717, 1.165) is 43.2 Å². The monoisotopic (exact) mass is 386 g/mol. The van der Waals surface area contributed by atoms with Gasteiger partial charge in [0.25, 0.3) is 0 Å². The van der Waals surface area contributed by atoms with Gasteiger partial charge in [-0.3, -0.25) is 0 Å². The lowest BCUT2D eigenvalue weighted by molar-refractivity contribution is -0.00795. The van der Waals surface area contributed by atoms with Crippen LogP contribution in [0.4, 0.5) is 0 Å². The molecule has 1 saturated carbocycles. The molecular formula is C27H30O2. The van der Waals surface area contributed by atoms with Gasteiger partial charge in [0.2, 0.25) is 0 Å². The van der Waals surface area contributed by atoms with Crippen LogP contribution >= 0.6 is 0 Å². The average molecular weight is 387 g/mol. The van der Waals surface area contributed by atoms with Crippen LogP contribution in [0.5, 0.6) is 5.75 Å². The Hall–Kier alpha value is -2.58. The van der Waals surface area contributed by atoms with Gasteiger partial charge in [-0.25, -0.2) is 0 Å². The highest BCUT2D eigenvalue weighted by Gasteiger charge is 2.41. The van der Waals surface area contributed by atoms with Crippen molar-refractivity contribution in [2.24, 2.45) is 11.8 Å². The Morgan fingerprint density at radius 1 is 0.690 bits per heavy atom. The lowest BCUT2D eigenvalue weighted by Crippen LogP contribution is -2.38. The standard InChI is InChI=1S/C27H30O2/c28-26-19-15-22(16-20-26)12-11-21-13-17-25(18-14-21)27(29,23-7-3-1-4-8-23)24-9-5-2-6-10-24/h1-10,15-16,19-21,25,28-29H,11-14,17-18H2. The first-order valence-electron chi connectivity index (χ1n) is 10.8. The van der Waals surface area contributed by atoms with E-state index in [9.17, 15) is 10.2 Å². The van der Waals surface area contributed by atoms with Gasteiger partial charge in [0, 0.05) is 0 Å². The van der Waals surface area contributed by atoms with E-state index in [1.54, 1.807) is 12.1 Å². The normalized spacial score (nSPS) is 19.8. The van der Waals surface area contributed by atoms with Crippen molar-refractivity contribution in [1.29, 1.82) is 0 Å². The first-order chi connectivity index (χ1) is 14.2. The molecule has 3 aromatic rings. The second kappa shape index (κ2) is 8.84.